The van der Waals surface area contributed by atoms with Crippen LogP contribution in [0.15, 0.2) is 60.7 Å². The van der Waals surface area contributed by atoms with Gasteiger partial charge in [-0.2, -0.15) is 0 Å². The van der Waals surface area contributed by atoms with Gasteiger partial charge in [-0.05, 0) is 49.3 Å². The molecule has 2 aromatic carbocycles. The highest BCUT2D eigenvalue weighted by atomic mass is 16.4. The van der Waals surface area contributed by atoms with Crippen LogP contribution in [0.3, 0.4) is 0 Å². The van der Waals surface area contributed by atoms with Crippen molar-refractivity contribution in [2.75, 3.05) is 13.1 Å². The zero-order valence-corrected chi connectivity index (χ0v) is 22.1. The smallest absolute Gasteiger partial charge is 0.326 e. The van der Waals surface area contributed by atoms with Gasteiger partial charge in [-0.3, -0.25) is 4.79 Å². The quantitative estimate of drug-likeness (QED) is 0.238. The Bertz CT molecular complexity index is 956. The molecule has 0 aliphatic heterocycles. The second-order valence-electron chi connectivity index (χ2n) is 10.2. The van der Waals surface area contributed by atoms with Crippen molar-refractivity contribution in [3.05, 3.63) is 71.8 Å². The Morgan fingerprint density at radius 1 is 0.842 bits per heavy atom. The summed E-state index contributed by atoms with van der Waals surface area (Å²) in [5.74, 6) is -1.04. The summed E-state index contributed by atoms with van der Waals surface area (Å²) in [6.45, 7) is 0.850. The van der Waals surface area contributed by atoms with Crippen LogP contribution < -0.4 is 21.7 Å². The van der Waals surface area contributed by atoms with Gasteiger partial charge in [0, 0.05) is 12.5 Å². The van der Waals surface area contributed by atoms with E-state index in [9.17, 15) is 19.5 Å². The first-order chi connectivity index (χ1) is 18.5. The number of hydrogen-bond acceptors (Lipinski definition) is 4. The van der Waals surface area contributed by atoms with Crippen molar-refractivity contribution in [1.82, 2.24) is 16.0 Å². The zero-order chi connectivity index (χ0) is 27.2. The minimum Gasteiger partial charge on any atom is -0.480 e. The maximum atomic E-state index is 13.5. The van der Waals surface area contributed by atoms with Gasteiger partial charge >= 0.3 is 12.0 Å². The summed E-state index contributed by atoms with van der Waals surface area (Å²) in [5.41, 5.74) is 7.70. The third kappa shape index (κ3) is 9.49. The number of aliphatic carboxylic acids is 1. The van der Waals surface area contributed by atoms with Crippen LogP contribution in [0.1, 0.15) is 74.8 Å². The lowest BCUT2D eigenvalue weighted by Gasteiger charge is -2.28. The molecule has 1 aliphatic rings. The minimum atomic E-state index is -1.10. The van der Waals surface area contributed by atoms with E-state index in [1.165, 1.54) is 6.42 Å². The summed E-state index contributed by atoms with van der Waals surface area (Å²) in [4.78, 5) is 38.0. The van der Waals surface area contributed by atoms with E-state index in [0.29, 0.717) is 38.3 Å². The largest absolute Gasteiger partial charge is 0.480 e. The molecular formula is C30H42N4O4. The highest BCUT2D eigenvalue weighted by Gasteiger charge is 2.28. The standard InChI is InChI=1S/C30H42N4O4/c31-19-11-10-18-26(29(36)37)33-30(38)34-27(20-22-12-4-1-5-13-22)28(35)32-21-25(23-14-6-2-7-15-23)24-16-8-3-9-17-24/h2-3,6-9,14-17,22,25-27H,1,4-5,10-13,18-21,31H2,(H,32,35)(H,36,37)(H2,33,34,38)/t26-,27+/m0/s1. The fourth-order valence-electron chi connectivity index (χ4n) is 5.22. The van der Waals surface area contributed by atoms with Crippen LogP contribution in [0.5, 0.6) is 0 Å². The molecule has 3 rings (SSSR count). The van der Waals surface area contributed by atoms with E-state index in [0.717, 1.165) is 36.8 Å². The molecule has 0 saturated heterocycles. The normalized spacial score (nSPS) is 15.4. The number of unbranched alkanes of at least 4 members (excludes halogenated alkanes) is 1. The predicted molar refractivity (Wildman–Crippen MR) is 149 cm³/mol. The number of carboxylic acids is 1. The van der Waals surface area contributed by atoms with Crippen molar-refractivity contribution >= 4 is 17.9 Å². The van der Waals surface area contributed by atoms with E-state index >= 15 is 0 Å². The van der Waals surface area contributed by atoms with Crippen LogP contribution in [-0.2, 0) is 9.59 Å². The Labute approximate surface area is 225 Å². The lowest BCUT2D eigenvalue weighted by Crippen LogP contribution is -2.54. The third-order valence-corrected chi connectivity index (χ3v) is 7.35. The van der Waals surface area contributed by atoms with Crippen LogP contribution in [0.2, 0.25) is 0 Å². The number of carbonyl (C=O) groups is 3. The molecule has 0 radical (unpaired) electrons. The number of nitrogens with two attached hydrogens (primary N) is 1. The second-order valence-corrected chi connectivity index (χ2v) is 10.2. The maximum absolute atomic E-state index is 13.5. The molecule has 0 aromatic heterocycles. The van der Waals surface area contributed by atoms with E-state index in [1.54, 1.807) is 0 Å². The molecule has 2 aromatic rings. The van der Waals surface area contributed by atoms with Gasteiger partial charge < -0.3 is 26.8 Å². The predicted octanol–water partition coefficient (Wildman–Crippen LogP) is 4.16. The molecule has 3 amide bonds. The van der Waals surface area contributed by atoms with E-state index < -0.39 is 24.1 Å². The fourth-order valence-corrected chi connectivity index (χ4v) is 5.22. The van der Waals surface area contributed by atoms with E-state index in [4.69, 9.17) is 5.73 Å². The van der Waals surface area contributed by atoms with Crippen molar-refractivity contribution in [3.63, 3.8) is 0 Å². The minimum absolute atomic E-state index is 0.0376. The highest BCUT2D eigenvalue weighted by molar-refractivity contribution is 5.88. The molecular weight excluding hydrogens is 480 g/mol. The first kappa shape index (κ1) is 29.2. The molecule has 206 valence electrons. The number of hydrogen-bond donors (Lipinski definition) is 5. The molecule has 0 spiro atoms. The van der Waals surface area contributed by atoms with Crippen molar-refractivity contribution in [3.8, 4) is 0 Å². The number of benzene rings is 2. The summed E-state index contributed by atoms with van der Waals surface area (Å²) in [6, 6.07) is 17.6. The molecule has 8 heteroatoms. The SMILES string of the molecule is NCCCC[C@H](NC(=O)N[C@H](CC1CCCCC1)C(=O)NCC(c1ccccc1)c1ccccc1)C(=O)O. The van der Waals surface area contributed by atoms with E-state index in [-0.39, 0.29) is 18.2 Å². The number of carboxylic acid groups (broad SMARTS) is 1. The van der Waals surface area contributed by atoms with Gasteiger partial charge in [-0.25, -0.2) is 9.59 Å². The van der Waals surface area contributed by atoms with Crippen LogP contribution in [0, 0.1) is 5.92 Å². The molecule has 1 fully saturated rings. The number of rotatable bonds is 14. The molecule has 38 heavy (non-hydrogen) atoms. The first-order valence-corrected chi connectivity index (χ1v) is 13.9. The maximum Gasteiger partial charge on any atom is 0.326 e. The molecule has 0 bridgehead atoms. The number of nitrogens with one attached hydrogen (secondary N) is 3. The zero-order valence-electron chi connectivity index (χ0n) is 22.1. The Morgan fingerprint density at radius 3 is 1.97 bits per heavy atom. The Hall–Kier alpha value is -3.39. The highest BCUT2D eigenvalue weighted by Crippen LogP contribution is 2.28. The van der Waals surface area contributed by atoms with Gasteiger partial charge in [0.15, 0.2) is 0 Å². The van der Waals surface area contributed by atoms with Gasteiger partial charge in [0.05, 0.1) is 0 Å². The Kier molecular flexibility index (Phi) is 12.1. The van der Waals surface area contributed by atoms with Crippen LogP contribution >= 0.6 is 0 Å². The second kappa shape index (κ2) is 15.8. The average Bonchev–Trinajstić information content (AvgIpc) is 2.94. The number of urea groups is 1. The topological polar surface area (TPSA) is 134 Å². The summed E-state index contributed by atoms with van der Waals surface area (Å²) in [6.07, 6.45) is 7.60. The molecule has 2 atom stereocenters. The van der Waals surface area contributed by atoms with Gasteiger partial charge in [0.1, 0.15) is 12.1 Å². The summed E-state index contributed by atoms with van der Waals surface area (Å²) < 4.78 is 0. The van der Waals surface area contributed by atoms with Crippen molar-refractivity contribution in [1.29, 1.82) is 0 Å². The van der Waals surface area contributed by atoms with Gasteiger partial charge in [-0.15, -0.1) is 0 Å². The fraction of sp³-hybridized carbons (Fsp3) is 0.500. The van der Waals surface area contributed by atoms with E-state index in [2.05, 4.69) is 16.0 Å². The van der Waals surface area contributed by atoms with Gasteiger partial charge in [0.2, 0.25) is 5.91 Å². The summed E-state index contributed by atoms with van der Waals surface area (Å²) in [5, 5.41) is 18.0. The summed E-state index contributed by atoms with van der Waals surface area (Å²) >= 11 is 0. The Balaban J connectivity index is 1.69. The third-order valence-electron chi connectivity index (χ3n) is 7.35. The van der Waals surface area contributed by atoms with Crippen molar-refractivity contribution < 1.29 is 19.5 Å². The average molecular weight is 523 g/mol. The molecule has 0 unspecified atom stereocenters. The van der Waals surface area contributed by atoms with Gasteiger partial charge in [0.25, 0.3) is 0 Å². The molecule has 1 saturated carbocycles. The molecule has 1 aliphatic carbocycles. The molecule has 0 heterocycles. The Morgan fingerprint density at radius 2 is 1.42 bits per heavy atom. The van der Waals surface area contributed by atoms with Gasteiger partial charge in [-0.1, -0.05) is 92.8 Å². The van der Waals surface area contributed by atoms with Crippen LogP contribution in [0.25, 0.3) is 0 Å². The lowest BCUT2D eigenvalue weighted by atomic mass is 9.84. The first-order valence-electron chi connectivity index (χ1n) is 13.9. The van der Waals surface area contributed by atoms with E-state index in [1.807, 2.05) is 60.7 Å². The van der Waals surface area contributed by atoms with Crippen molar-refractivity contribution in [2.45, 2.75) is 75.8 Å². The molecule has 6 N–H and O–H groups in total. The van der Waals surface area contributed by atoms with Crippen LogP contribution in [-0.4, -0.2) is 48.2 Å². The summed E-state index contributed by atoms with van der Waals surface area (Å²) in [7, 11) is 0. The van der Waals surface area contributed by atoms with Crippen LogP contribution in [0.4, 0.5) is 4.79 Å². The number of carbonyl (C=O) groups excluding carboxylic acids is 2. The monoisotopic (exact) mass is 522 g/mol. The van der Waals surface area contributed by atoms with Crippen molar-refractivity contribution in [2.24, 2.45) is 11.7 Å². The number of amides is 3. The lowest BCUT2D eigenvalue weighted by molar-refractivity contribution is -0.139. The molecule has 8 nitrogen and oxygen atoms in total.